The third-order valence-corrected chi connectivity index (χ3v) is 8.51. The van der Waals surface area contributed by atoms with E-state index in [1.165, 1.54) is 45.9 Å². The summed E-state index contributed by atoms with van der Waals surface area (Å²) in [6.07, 6.45) is 13.0. The van der Waals surface area contributed by atoms with Gasteiger partial charge in [0.25, 0.3) is 0 Å². The largest absolute Gasteiger partial charge is 4.00 e. The van der Waals surface area contributed by atoms with Gasteiger partial charge in [0.05, 0.1) is 0 Å². The van der Waals surface area contributed by atoms with Gasteiger partial charge in [0.2, 0.25) is 0 Å². The van der Waals surface area contributed by atoms with E-state index in [9.17, 15) is 0 Å². The Morgan fingerprint density at radius 3 is 2.00 bits per heavy atom. The first-order valence-corrected chi connectivity index (χ1v) is 12.5. The van der Waals surface area contributed by atoms with Crippen molar-refractivity contribution in [1.82, 2.24) is 0 Å². The van der Waals surface area contributed by atoms with Crippen LogP contribution in [0.5, 0.6) is 0 Å². The molecule has 1 atom stereocenters. The van der Waals surface area contributed by atoms with Gasteiger partial charge in [-0.25, -0.2) is 18.1 Å². The van der Waals surface area contributed by atoms with Crippen LogP contribution in [0, 0.1) is 12.3 Å². The Morgan fingerprint density at radius 1 is 0.765 bits per heavy atom. The van der Waals surface area contributed by atoms with Crippen molar-refractivity contribution in [3.63, 3.8) is 0 Å². The van der Waals surface area contributed by atoms with Crippen LogP contribution in [-0.4, -0.2) is 0 Å². The summed E-state index contributed by atoms with van der Waals surface area (Å²) in [5.74, 6) is 0.884. The van der Waals surface area contributed by atoms with E-state index in [4.69, 9.17) is 0 Å². The van der Waals surface area contributed by atoms with Crippen molar-refractivity contribution >= 4 is 34.6 Å². The van der Waals surface area contributed by atoms with Crippen LogP contribution in [0.25, 0.3) is 10.8 Å². The topological polar surface area (TPSA) is 0 Å². The average Bonchev–Trinajstić information content (AvgIpc) is 3.48. The maximum Gasteiger partial charge on any atom is 4.00 e. The fourth-order valence-electron chi connectivity index (χ4n) is 4.53. The molecule has 170 valence electrons. The second-order valence-corrected chi connectivity index (χ2v) is 10.4. The van der Waals surface area contributed by atoms with Crippen molar-refractivity contribution in [1.29, 1.82) is 0 Å². The van der Waals surface area contributed by atoms with Crippen LogP contribution in [0.4, 0.5) is 0 Å². The van der Waals surface area contributed by atoms with Gasteiger partial charge in [0, 0.05) is 0 Å². The zero-order valence-electron chi connectivity index (χ0n) is 18.9. The quantitative estimate of drug-likeness (QED) is 0.220. The first kappa shape index (κ1) is 27.9. The molecule has 0 amide bonds. The minimum absolute atomic E-state index is 0. The predicted molar refractivity (Wildman–Crippen MR) is 137 cm³/mol. The fourth-order valence-corrected chi connectivity index (χ4v) is 6.90. The number of fused-ring (bicyclic) bond motifs is 2. The van der Waals surface area contributed by atoms with E-state index in [-0.39, 0.29) is 31.1 Å². The molecule has 0 spiro atoms. The van der Waals surface area contributed by atoms with Crippen molar-refractivity contribution < 1.29 is 31.1 Å². The minimum atomic E-state index is -0.493. The summed E-state index contributed by atoms with van der Waals surface area (Å²) in [4.78, 5) is 0. The van der Waals surface area contributed by atoms with E-state index in [1.54, 1.807) is 5.57 Å². The molecule has 0 N–H and O–H groups in total. The Morgan fingerprint density at radius 2 is 1.38 bits per heavy atom. The smallest absolute Gasteiger partial charge is 1.00 e. The van der Waals surface area contributed by atoms with Gasteiger partial charge in [-0.2, -0.15) is 6.07 Å². The SMILES string of the molecule is C1=CCC2CC[CH-]C2=C1.[F-].[F-].[Ti+4].c1ccc(P(c2ccccc2)c2cc3ccccc3[cH-]2)cc1. The first-order chi connectivity index (χ1) is 15.4. The van der Waals surface area contributed by atoms with E-state index < -0.39 is 7.92 Å². The van der Waals surface area contributed by atoms with E-state index in [1.807, 2.05) is 0 Å². The van der Waals surface area contributed by atoms with E-state index in [2.05, 4.69) is 122 Å². The standard InChI is InChI=1S/C21H16P.C9H11.2FH.Ti/c1-3-11-19(12-4-1)22(20-13-5-2-6-14-20)21-15-17-9-7-8-10-18(17)16-21;1-2-5-9-7-3-6-8(9)4-1;;;/h1-16H;1-2,4,6,9H,3,5,7H2;2*1H;/q2*-1;;;+4/p-2. The van der Waals surface area contributed by atoms with Crippen LogP contribution < -0.4 is 25.3 Å². The summed E-state index contributed by atoms with van der Waals surface area (Å²) in [7, 11) is -0.493. The second-order valence-electron chi connectivity index (χ2n) is 8.16. The molecule has 2 aliphatic carbocycles. The maximum absolute atomic E-state index is 2.37. The first-order valence-electron chi connectivity index (χ1n) is 11.1. The van der Waals surface area contributed by atoms with Crippen molar-refractivity contribution in [3.8, 4) is 0 Å². The Balaban J connectivity index is 0.000000290. The molecule has 1 saturated carbocycles. The number of hydrogen-bond acceptors (Lipinski definition) is 0. The summed E-state index contributed by atoms with van der Waals surface area (Å²) in [5.41, 5.74) is 1.58. The van der Waals surface area contributed by atoms with Crippen LogP contribution >= 0.6 is 7.92 Å². The monoisotopic (exact) mass is 504 g/mol. The van der Waals surface area contributed by atoms with Gasteiger partial charge >= 0.3 is 21.7 Å². The summed E-state index contributed by atoms with van der Waals surface area (Å²) in [6.45, 7) is 0. The van der Waals surface area contributed by atoms with Crippen LogP contribution in [0.1, 0.15) is 19.3 Å². The fraction of sp³-hybridized carbons (Fsp3) is 0.133. The molecule has 34 heavy (non-hydrogen) atoms. The molecule has 0 radical (unpaired) electrons. The van der Waals surface area contributed by atoms with Gasteiger partial charge in [-0.15, -0.1) is 58.9 Å². The molecule has 0 heterocycles. The molecule has 1 fully saturated rings. The van der Waals surface area contributed by atoms with Crippen molar-refractivity contribution in [3.05, 3.63) is 127 Å². The number of allylic oxidation sites excluding steroid dienone is 4. The molecule has 1 unspecified atom stereocenters. The molecular formula is C30H27F2PTi. The van der Waals surface area contributed by atoms with Crippen LogP contribution in [0.2, 0.25) is 0 Å². The molecule has 0 aromatic heterocycles. The van der Waals surface area contributed by atoms with Crippen molar-refractivity contribution in [2.75, 3.05) is 0 Å². The molecular weight excluding hydrogens is 477 g/mol. The minimum Gasteiger partial charge on any atom is -1.00 e. The second kappa shape index (κ2) is 13.5. The summed E-state index contributed by atoms with van der Waals surface area (Å²) >= 11 is 0. The van der Waals surface area contributed by atoms with E-state index in [0.29, 0.717) is 0 Å². The summed E-state index contributed by atoms with van der Waals surface area (Å²) in [5, 5.41) is 6.89. The Bertz CT molecular complexity index is 1130. The van der Waals surface area contributed by atoms with E-state index in [0.717, 1.165) is 5.92 Å². The number of halogens is 2. The zero-order valence-corrected chi connectivity index (χ0v) is 21.4. The molecule has 4 heteroatoms. The Hall–Kier alpha value is -2.38. The summed E-state index contributed by atoms with van der Waals surface area (Å²) in [6, 6.07) is 35.0. The van der Waals surface area contributed by atoms with E-state index >= 15 is 0 Å². The van der Waals surface area contributed by atoms with Crippen LogP contribution in [0.3, 0.4) is 0 Å². The molecule has 0 nitrogen and oxygen atoms in total. The maximum atomic E-state index is 2.37. The predicted octanol–water partition coefficient (Wildman–Crippen LogP) is 0.809. The molecule has 2 aliphatic rings. The molecule has 4 aromatic carbocycles. The van der Waals surface area contributed by atoms with Crippen LogP contribution in [0.15, 0.2) is 121 Å². The number of rotatable bonds is 3. The van der Waals surface area contributed by atoms with Gasteiger partial charge < -0.3 is 9.41 Å². The van der Waals surface area contributed by atoms with Gasteiger partial charge in [-0.05, 0) is 30.9 Å². The van der Waals surface area contributed by atoms with Gasteiger partial charge in [-0.3, -0.25) is 0 Å². The molecule has 4 aromatic rings. The number of hydrogen-bond donors (Lipinski definition) is 0. The van der Waals surface area contributed by atoms with Crippen LogP contribution in [-0.2, 0) is 21.7 Å². The van der Waals surface area contributed by atoms with Crippen molar-refractivity contribution in [2.45, 2.75) is 19.3 Å². The third kappa shape index (κ3) is 6.39. The summed E-state index contributed by atoms with van der Waals surface area (Å²) < 4.78 is 0. The molecule has 0 aliphatic heterocycles. The third-order valence-electron chi connectivity index (χ3n) is 6.10. The number of benzene rings is 3. The molecule has 0 bridgehead atoms. The molecule has 0 saturated heterocycles. The van der Waals surface area contributed by atoms with Gasteiger partial charge in [-0.1, -0.05) is 73.2 Å². The zero-order chi connectivity index (χ0) is 20.9. The Labute approximate surface area is 217 Å². The molecule has 6 rings (SSSR count). The normalized spacial score (nSPS) is 15.4. The Kier molecular flexibility index (Phi) is 11.1. The van der Waals surface area contributed by atoms with Gasteiger partial charge in [0.15, 0.2) is 0 Å². The average molecular weight is 504 g/mol. The van der Waals surface area contributed by atoms with Gasteiger partial charge in [0.1, 0.15) is 0 Å². The van der Waals surface area contributed by atoms with Crippen molar-refractivity contribution in [2.24, 2.45) is 5.92 Å².